The highest BCUT2D eigenvalue weighted by Gasteiger charge is 2.14. The average molecular weight is 177 g/mol. The van der Waals surface area contributed by atoms with Crippen LogP contribution in [0.15, 0.2) is 12.3 Å². The summed E-state index contributed by atoms with van der Waals surface area (Å²) in [5.74, 6) is -1.04. The summed E-state index contributed by atoms with van der Waals surface area (Å²) in [6.07, 6.45) is -1.83. The van der Waals surface area contributed by atoms with Gasteiger partial charge in [-0.05, 0) is 6.07 Å². The van der Waals surface area contributed by atoms with E-state index < -0.39 is 17.9 Å². The third-order valence-electron chi connectivity index (χ3n) is 1.31. The molecule has 0 fully saturated rings. The molecule has 0 unspecified atom stereocenters. The quantitative estimate of drug-likeness (QED) is 0.646. The number of halogens is 3. The Kier molecular flexibility index (Phi) is 2.52. The highest BCUT2D eigenvalue weighted by molar-refractivity contribution is 5.25. The summed E-state index contributed by atoms with van der Waals surface area (Å²) >= 11 is 0. The molecule has 0 aromatic carbocycles. The fraction of sp³-hybridized carbons (Fsp3) is 0.286. The van der Waals surface area contributed by atoms with Crippen molar-refractivity contribution in [1.29, 1.82) is 0 Å². The molecule has 0 radical (unpaired) electrons. The molecule has 0 aliphatic rings. The first-order valence-electron chi connectivity index (χ1n) is 3.12. The predicted octanol–water partition coefficient (Wildman–Crippen LogP) is 2.17. The van der Waals surface area contributed by atoms with Gasteiger partial charge >= 0.3 is 0 Å². The number of hydrogen-bond donors (Lipinski definition) is 0. The Balaban J connectivity index is 3.08. The first-order valence-corrected chi connectivity index (χ1v) is 3.12. The van der Waals surface area contributed by atoms with Gasteiger partial charge in [0.25, 0.3) is 6.43 Å². The Morgan fingerprint density at radius 1 is 1.50 bits per heavy atom. The lowest BCUT2D eigenvalue weighted by Gasteiger charge is -2.03. The summed E-state index contributed by atoms with van der Waals surface area (Å²) in [6, 6.07) is 0.924. The summed E-state index contributed by atoms with van der Waals surface area (Å²) in [7, 11) is 1.30. The molecule has 0 atom stereocenters. The van der Waals surface area contributed by atoms with Crippen molar-refractivity contribution in [2.75, 3.05) is 7.11 Å². The first-order chi connectivity index (χ1) is 5.65. The van der Waals surface area contributed by atoms with Crippen LogP contribution in [0.5, 0.6) is 5.75 Å². The van der Waals surface area contributed by atoms with E-state index in [2.05, 4.69) is 9.72 Å². The number of methoxy groups -OCH3 is 1. The fourth-order valence-electron chi connectivity index (χ4n) is 0.710. The number of ether oxygens (including phenoxy) is 1. The van der Waals surface area contributed by atoms with Gasteiger partial charge in [-0.1, -0.05) is 0 Å². The summed E-state index contributed by atoms with van der Waals surface area (Å²) in [4.78, 5) is 3.10. The SMILES string of the molecule is COc1cnc(F)c(C(F)F)c1. The second-order valence-electron chi connectivity index (χ2n) is 2.06. The summed E-state index contributed by atoms with van der Waals surface area (Å²) < 4.78 is 41.1. The van der Waals surface area contributed by atoms with E-state index in [-0.39, 0.29) is 5.75 Å². The van der Waals surface area contributed by atoms with Crippen LogP contribution in [0.25, 0.3) is 0 Å². The molecular weight excluding hydrogens is 171 g/mol. The Bertz CT molecular complexity index is 277. The standard InChI is InChI=1S/C7H6F3NO/c1-12-4-2-5(6(8)9)7(10)11-3-4/h2-3,6H,1H3. The molecule has 0 aliphatic carbocycles. The van der Waals surface area contributed by atoms with Crippen LogP contribution in [0.4, 0.5) is 13.2 Å². The minimum atomic E-state index is -2.87. The van der Waals surface area contributed by atoms with Crippen LogP contribution in [0.2, 0.25) is 0 Å². The Morgan fingerprint density at radius 2 is 2.17 bits per heavy atom. The second-order valence-corrected chi connectivity index (χ2v) is 2.06. The number of pyridine rings is 1. The number of hydrogen-bond acceptors (Lipinski definition) is 2. The van der Waals surface area contributed by atoms with Gasteiger partial charge in [0.2, 0.25) is 5.95 Å². The molecular formula is C7H6F3NO. The van der Waals surface area contributed by atoms with Crippen molar-refractivity contribution in [2.24, 2.45) is 0 Å². The molecule has 0 aliphatic heterocycles. The largest absolute Gasteiger partial charge is 0.495 e. The van der Waals surface area contributed by atoms with Gasteiger partial charge in [-0.15, -0.1) is 0 Å². The molecule has 0 bridgehead atoms. The van der Waals surface area contributed by atoms with E-state index in [1.807, 2.05) is 0 Å². The van der Waals surface area contributed by atoms with Gasteiger partial charge in [-0.3, -0.25) is 0 Å². The lowest BCUT2D eigenvalue weighted by Crippen LogP contribution is -1.95. The fourth-order valence-corrected chi connectivity index (χ4v) is 0.710. The molecule has 12 heavy (non-hydrogen) atoms. The molecule has 5 heteroatoms. The molecule has 0 spiro atoms. The molecule has 1 heterocycles. The molecule has 2 nitrogen and oxygen atoms in total. The van der Waals surface area contributed by atoms with E-state index in [9.17, 15) is 13.2 Å². The van der Waals surface area contributed by atoms with Crippen molar-refractivity contribution in [3.05, 3.63) is 23.8 Å². The lowest BCUT2D eigenvalue weighted by atomic mass is 10.3. The van der Waals surface area contributed by atoms with Crippen LogP contribution in [-0.4, -0.2) is 12.1 Å². The minimum absolute atomic E-state index is 0.117. The Hall–Kier alpha value is -1.26. The maximum Gasteiger partial charge on any atom is 0.268 e. The van der Waals surface area contributed by atoms with Crippen molar-refractivity contribution in [1.82, 2.24) is 4.98 Å². The molecule has 1 aromatic heterocycles. The van der Waals surface area contributed by atoms with E-state index >= 15 is 0 Å². The number of aromatic nitrogens is 1. The van der Waals surface area contributed by atoms with Gasteiger partial charge in [0.15, 0.2) is 0 Å². The smallest absolute Gasteiger partial charge is 0.268 e. The molecule has 0 amide bonds. The van der Waals surface area contributed by atoms with Gasteiger partial charge in [-0.2, -0.15) is 4.39 Å². The van der Waals surface area contributed by atoms with Crippen LogP contribution in [-0.2, 0) is 0 Å². The van der Waals surface area contributed by atoms with E-state index in [1.165, 1.54) is 7.11 Å². The normalized spacial score (nSPS) is 10.4. The third-order valence-corrected chi connectivity index (χ3v) is 1.31. The number of rotatable bonds is 2. The van der Waals surface area contributed by atoms with Gasteiger partial charge in [0.1, 0.15) is 5.75 Å². The third kappa shape index (κ3) is 1.66. The predicted molar refractivity (Wildman–Crippen MR) is 35.7 cm³/mol. The van der Waals surface area contributed by atoms with Crippen LogP contribution in [0.3, 0.4) is 0 Å². The highest BCUT2D eigenvalue weighted by atomic mass is 19.3. The molecule has 0 N–H and O–H groups in total. The van der Waals surface area contributed by atoms with Crippen molar-refractivity contribution in [2.45, 2.75) is 6.43 Å². The maximum absolute atomic E-state index is 12.5. The second kappa shape index (κ2) is 3.42. The van der Waals surface area contributed by atoms with Crippen LogP contribution in [0.1, 0.15) is 12.0 Å². The van der Waals surface area contributed by atoms with Crippen molar-refractivity contribution in [3.63, 3.8) is 0 Å². The highest BCUT2D eigenvalue weighted by Crippen LogP contribution is 2.23. The molecule has 0 saturated carbocycles. The molecule has 1 rings (SSSR count). The summed E-state index contributed by atoms with van der Waals surface area (Å²) in [5.41, 5.74) is -0.741. The molecule has 66 valence electrons. The average Bonchev–Trinajstić information content (AvgIpc) is 2.05. The van der Waals surface area contributed by atoms with E-state index in [4.69, 9.17) is 0 Å². The van der Waals surface area contributed by atoms with Gasteiger partial charge in [-0.25, -0.2) is 13.8 Å². The monoisotopic (exact) mass is 177 g/mol. The zero-order valence-corrected chi connectivity index (χ0v) is 6.22. The topological polar surface area (TPSA) is 22.1 Å². The summed E-state index contributed by atoms with van der Waals surface area (Å²) in [6.45, 7) is 0. The Labute approximate surface area is 67.0 Å². The van der Waals surface area contributed by atoms with E-state index in [1.54, 1.807) is 0 Å². The lowest BCUT2D eigenvalue weighted by molar-refractivity contribution is 0.144. The molecule has 1 aromatic rings. The van der Waals surface area contributed by atoms with Gasteiger partial charge in [0.05, 0.1) is 18.9 Å². The zero-order chi connectivity index (χ0) is 9.14. The van der Waals surface area contributed by atoms with Crippen molar-refractivity contribution >= 4 is 0 Å². The van der Waals surface area contributed by atoms with E-state index in [0.29, 0.717) is 0 Å². The summed E-state index contributed by atoms with van der Waals surface area (Å²) in [5, 5.41) is 0. The van der Waals surface area contributed by atoms with Crippen molar-refractivity contribution < 1.29 is 17.9 Å². The first kappa shape index (κ1) is 8.83. The van der Waals surface area contributed by atoms with Gasteiger partial charge in [0, 0.05) is 0 Å². The maximum atomic E-state index is 12.5. The van der Waals surface area contributed by atoms with Gasteiger partial charge < -0.3 is 4.74 Å². The zero-order valence-electron chi connectivity index (χ0n) is 6.22. The molecule has 0 saturated heterocycles. The minimum Gasteiger partial charge on any atom is -0.495 e. The van der Waals surface area contributed by atoms with E-state index in [0.717, 1.165) is 12.3 Å². The van der Waals surface area contributed by atoms with Crippen LogP contribution >= 0.6 is 0 Å². The van der Waals surface area contributed by atoms with Crippen LogP contribution < -0.4 is 4.74 Å². The Morgan fingerprint density at radius 3 is 2.67 bits per heavy atom. The number of nitrogens with zero attached hydrogens (tertiary/aromatic N) is 1. The number of alkyl halides is 2. The van der Waals surface area contributed by atoms with Crippen molar-refractivity contribution in [3.8, 4) is 5.75 Å². The van der Waals surface area contributed by atoms with Crippen LogP contribution in [0, 0.1) is 5.95 Å².